The topological polar surface area (TPSA) is 151 Å². The van der Waals surface area contributed by atoms with E-state index in [4.69, 9.17) is 4.74 Å². The number of nitro groups is 2. The van der Waals surface area contributed by atoms with Crippen LogP contribution in [-0.4, -0.2) is 29.7 Å². The van der Waals surface area contributed by atoms with Crippen LogP contribution in [0.3, 0.4) is 0 Å². The third-order valence-corrected chi connectivity index (χ3v) is 7.83. The molecular weight excluding hydrogens is 558 g/mol. The highest BCUT2D eigenvalue weighted by Gasteiger charge is 2.20. The molecule has 42 heavy (non-hydrogen) atoms. The molecule has 12 nitrogen and oxygen atoms in total. The minimum Gasteiger partial charge on any atom is -0.486 e. The van der Waals surface area contributed by atoms with Crippen molar-refractivity contribution in [2.75, 3.05) is 5.43 Å². The van der Waals surface area contributed by atoms with Gasteiger partial charge in [-0.2, -0.15) is 5.10 Å². The van der Waals surface area contributed by atoms with Gasteiger partial charge in [0, 0.05) is 11.8 Å². The number of hydrazone groups is 1. The molecule has 0 radical (unpaired) electrons. The van der Waals surface area contributed by atoms with Gasteiger partial charge in [-0.3, -0.25) is 30.2 Å². The Morgan fingerprint density at radius 3 is 2.43 bits per heavy atom. The number of nitrogens with zero attached hydrogens (tertiary/aromatic N) is 6. The second kappa shape index (κ2) is 13.3. The number of non-ortho nitro benzene ring substituents is 1. The van der Waals surface area contributed by atoms with Crippen LogP contribution in [-0.2, 0) is 6.61 Å². The summed E-state index contributed by atoms with van der Waals surface area (Å²) in [6.45, 7) is 1.90. The fraction of sp³-hybridized carbons (Fsp3) is 0.276. The van der Waals surface area contributed by atoms with Crippen LogP contribution in [0.25, 0.3) is 5.69 Å². The number of hydrogen-bond acceptors (Lipinski definition) is 10. The van der Waals surface area contributed by atoms with Crippen molar-refractivity contribution in [1.29, 1.82) is 0 Å². The molecule has 1 aromatic heterocycles. The van der Waals surface area contributed by atoms with Gasteiger partial charge in [-0.25, -0.2) is 0 Å². The molecule has 0 saturated heterocycles. The monoisotopic (exact) mass is 587 g/mol. The number of ether oxygens (including phenoxy) is 1. The first-order valence-electron chi connectivity index (χ1n) is 13.5. The van der Waals surface area contributed by atoms with Crippen LogP contribution in [0, 0.1) is 20.2 Å². The molecule has 13 heteroatoms. The lowest BCUT2D eigenvalue weighted by Gasteiger charge is -2.22. The Morgan fingerprint density at radius 2 is 1.74 bits per heavy atom. The molecule has 1 heterocycles. The number of benzene rings is 3. The number of thioether (sulfide) groups is 1. The van der Waals surface area contributed by atoms with Crippen molar-refractivity contribution in [1.82, 2.24) is 14.8 Å². The largest absolute Gasteiger partial charge is 0.486 e. The zero-order valence-corrected chi connectivity index (χ0v) is 23.7. The number of rotatable bonds is 10. The van der Waals surface area contributed by atoms with E-state index in [2.05, 4.69) is 32.9 Å². The Labute approximate surface area is 246 Å². The maximum absolute atomic E-state index is 11.4. The SMILES string of the molecule is CC(=NNc1ccc([N+](=O)[O-])cc1[N+](=O)[O-])Sc1nnc(COc2ccc(C3CCCCC3)cc2)n1-c1ccccc1. The summed E-state index contributed by atoms with van der Waals surface area (Å²) in [4.78, 5) is 21.1. The predicted molar refractivity (Wildman–Crippen MR) is 160 cm³/mol. The molecule has 3 aromatic carbocycles. The van der Waals surface area contributed by atoms with Gasteiger partial charge in [-0.1, -0.05) is 49.6 Å². The number of hydrogen-bond donors (Lipinski definition) is 1. The van der Waals surface area contributed by atoms with Crippen LogP contribution < -0.4 is 10.2 Å². The zero-order chi connectivity index (χ0) is 29.5. The van der Waals surface area contributed by atoms with Gasteiger partial charge in [-0.15, -0.1) is 10.2 Å². The van der Waals surface area contributed by atoms with Gasteiger partial charge < -0.3 is 4.74 Å². The molecule has 1 aliphatic rings. The molecule has 0 spiro atoms. The Bertz CT molecular complexity index is 1590. The summed E-state index contributed by atoms with van der Waals surface area (Å²) < 4.78 is 7.96. The Kier molecular flexibility index (Phi) is 9.07. The Balaban J connectivity index is 1.32. The molecule has 4 aromatic rings. The van der Waals surface area contributed by atoms with Crippen LogP contribution in [0.4, 0.5) is 17.1 Å². The molecular formula is C29H29N7O5S. The summed E-state index contributed by atoms with van der Waals surface area (Å²) in [7, 11) is 0. The molecule has 1 fully saturated rings. The summed E-state index contributed by atoms with van der Waals surface area (Å²) in [5.41, 5.74) is 4.03. The highest BCUT2D eigenvalue weighted by atomic mass is 32.2. The molecule has 0 atom stereocenters. The number of anilines is 1. The summed E-state index contributed by atoms with van der Waals surface area (Å²) >= 11 is 1.21. The number of aromatic nitrogens is 3. The minimum absolute atomic E-state index is 0.0265. The average Bonchev–Trinajstić information content (AvgIpc) is 3.41. The maximum atomic E-state index is 11.4. The fourth-order valence-corrected chi connectivity index (χ4v) is 5.63. The third kappa shape index (κ3) is 6.92. The van der Waals surface area contributed by atoms with E-state index < -0.39 is 15.5 Å². The molecule has 1 N–H and O–H groups in total. The standard InChI is InChI=1S/C29H29N7O5S/c1-20(30-31-26-17-14-24(35(37)38)18-27(26)36(39)40)42-29-33-32-28(34(29)23-10-6-3-7-11-23)19-41-25-15-12-22(13-16-25)21-8-4-2-5-9-21/h3,6-7,10-18,21,31H,2,4-5,8-9,19H2,1H3. The minimum atomic E-state index is -0.699. The molecule has 216 valence electrons. The van der Waals surface area contributed by atoms with Crippen molar-refractivity contribution in [2.24, 2.45) is 5.10 Å². The first-order chi connectivity index (χ1) is 20.4. The van der Waals surface area contributed by atoms with Crippen molar-refractivity contribution >= 4 is 33.9 Å². The lowest BCUT2D eigenvalue weighted by atomic mass is 9.84. The van der Waals surface area contributed by atoms with E-state index >= 15 is 0 Å². The quantitative estimate of drug-likeness (QED) is 0.0665. The summed E-state index contributed by atoms with van der Waals surface area (Å²) in [6, 6.07) is 21.2. The van der Waals surface area contributed by atoms with E-state index in [9.17, 15) is 20.2 Å². The molecule has 1 saturated carbocycles. The zero-order valence-electron chi connectivity index (χ0n) is 22.9. The van der Waals surface area contributed by atoms with E-state index in [0.717, 1.165) is 17.5 Å². The van der Waals surface area contributed by atoms with Gasteiger partial charge in [0.05, 0.1) is 21.0 Å². The summed E-state index contributed by atoms with van der Waals surface area (Å²) in [6.07, 6.45) is 6.38. The first kappa shape index (κ1) is 28.7. The van der Waals surface area contributed by atoms with E-state index in [1.165, 1.54) is 61.6 Å². The maximum Gasteiger partial charge on any atom is 0.301 e. The van der Waals surface area contributed by atoms with Gasteiger partial charge in [0.15, 0.2) is 5.82 Å². The normalized spacial score (nSPS) is 14.0. The summed E-state index contributed by atoms with van der Waals surface area (Å²) in [5, 5.41) is 36.4. The van der Waals surface area contributed by atoms with Gasteiger partial charge in [0.2, 0.25) is 5.16 Å². The molecule has 0 bridgehead atoms. The number of nitro benzene ring substituents is 2. The van der Waals surface area contributed by atoms with Crippen LogP contribution in [0.15, 0.2) is 83.1 Å². The second-order valence-corrected chi connectivity index (χ2v) is 11.0. The summed E-state index contributed by atoms with van der Waals surface area (Å²) in [5.74, 6) is 1.96. The third-order valence-electron chi connectivity index (χ3n) is 7.00. The Hall–Kier alpha value is -4.78. The van der Waals surface area contributed by atoms with E-state index in [1.807, 2.05) is 47.0 Å². The van der Waals surface area contributed by atoms with Crippen molar-refractivity contribution < 1.29 is 14.6 Å². The van der Waals surface area contributed by atoms with Crippen molar-refractivity contribution in [2.45, 2.75) is 56.7 Å². The number of para-hydroxylation sites is 1. The van der Waals surface area contributed by atoms with E-state index in [-0.39, 0.29) is 18.0 Å². The van der Waals surface area contributed by atoms with E-state index in [0.29, 0.717) is 21.9 Å². The van der Waals surface area contributed by atoms with Gasteiger partial charge in [-0.05, 0) is 73.3 Å². The van der Waals surface area contributed by atoms with Gasteiger partial charge in [0.1, 0.15) is 18.0 Å². The molecule has 1 aliphatic carbocycles. The Morgan fingerprint density at radius 1 is 1.00 bits per heavy atom. The van der Waals surface area contributed by atoms with Crippen LogP contribution in [0.1, 0.15) is 56.3 Å². The highest BCUT2D eigenvalue weighted by Crippen LogP contribution is 2.34. The lowest BCUT2D eigenvalue weighted by Crippen LogP contribution is -2.07. The van der Waals surface area contributed by atoms with Crippen LogP contribution in [0.2, 0.25) is 0 Å². The van der Waals surface area contributed by atoms with Gasteiger partial charge >= 0.3 is 5.69 Å². The fourth-order valence-electron chi connectivity index (χ4n) is 4.89. The first-order valence-corrected chi connectivity index (χ1v) is 14.3. The molecule has 5 rings (SSSR count). The van der Waals surface area contributed by atoms with Gasteiger partial charge in [0.25, 0.3) is 5.69 Å². The van der Waals surface area contributed by atoms with Crippen LogP contribution >= 0.6 is 11.8 Å². The van der Waals surface area contributed by atoms with Crippen molar-refractivity contribution in [3.8, 4) is 11.4 Å². The van der Waals surface area contributed by atoms with Crippen molar-refractivity contribution in [3.05, 3.63) is 104 Å². The van der Waals surface area contributed by atoms with E-state index in [1.54, 1.807) is 6.92 Å². The lowest BCUT2D eigenvalue weighted by molar-refractivity contribution is -0.393. The molecule has 0 aliphatic heterocycles. The number of nitrogens with one attached hydrogen (secondary N) is 1. The van der Waals surface area contributed by atoms with Crippen LogP contribution in [0.5, 0.6) is 5.75 Å². The van der Waals surface area contributed by atoms with Crippen molar-refractivity contribution in [3.63, 3.8) is 0 Å². The smallest absolute Gasteiger partial charge is 0.301 e. The average molecular weight is 588 g/mol. The highest BCUT2D eigenvalue weighted by molar-refractivity contribution is 8.13. The second-order valence-electron chi connectivity index (χ2n) is 9.82. The molecule has 0 amide bonds. The predicted octanol–water partition coefficient (Wildman–Crippen LogP) is 7.25. The molecule has 0 unspecified atom stereocenters.